The van der Waals surface area contributed by atoms with Crippen molar-refractivity contribution in [3.63, 3.8) is 0 Å². The molecule has 1 heterocycles. The van der Waals surface area contributed by atoms with Crippen LogP contribution in [0, 0.1) is 0 Å². The Morgan fingerprint density at radius 1 is 1.07 bits per heavy atom. The largest absolute Gasteiger partial charge is 0.461 e. The topological polar surface area (TPSA) is 39.2 Å². The van der Waals surface area contributed by atoms with E-state index >= 15 is 0 Å². The number of rotatable bonds is 2. The summed E-state index contributed by atoms with van der Waals surface area (Å²) in [6.45, 7) is 0. The Morgan fingerprint density at radius 2 is 1.80 bits per heavy atom. The first-order chi connectivity index (χ1) is 7.34. The Balaban J connectivity index is 1.91. The molecule has 0 spiro atoms. The number of hydrogen-bond acceptors (Lipinski definition) is 2. The molecule has 76 valence electrons. The van der Waals surface area contributed by atoms with Crippen LogP contribution in [-0.4, -0.2) is 6.04 Å². The van der Waals surface area contributed by atoms with Crippen LogP contribution in [0.5, 0.6) is 0 Å². The molecule has 0 bridgehead atoms. The van der Waals surface area contributed by atoms with Gasteiger partial charge in [-0.3, -0.25) is 0 Å². The molecule has 15 heavy (non-hydrogen) atoms. The van der Waals surface area contributed by atoms with Crippen molar-refractivity contribution in [1.29, 1.82) is 0 Å². The predicted molar refractivity (Wildman–Crippen MR) is 59.5 cm³/mol. The summed E-state index contributed by atoms with van der Waals surface area (Å²) in [6, 6.07) is 14.5. The molecule has 2 atom stereocenters. The van der Waals surface area contributed by atoms with Crippen molar-refractivity contribution < 1.29 is 4.42 Å². The van der Waals surface area contributed by atoms with Gasteiger partial charge in [-0.05, 0) is 18.6 Å². The van der Waals surface area contributed by atoms with E-state index in [1.54, 1.807) is 0 Å². The molecule has 1 aliphatic carbocycles. The lowest BCUT2D eigenvalue weighted by atomic mass is 10.2. The summed E-state index contributed by atoms with van der Waals surface area (Å²) in [7, 11) is 0. The molecule has 1 aromatic heterocycles. The third-order valence-corrected chi connectivity index (χ3v) is 2.89. The maximum absolute atomic E-state index is 5.79. The minimum absolute atomic E-state index is 0.305. The van der Waals surface area contributed by atoms with Crippen LogP contribution in [0.1, 0.15) is 18.1 Å². The molecule has 2 N–H and O–H groups in total. The van der Waals surface area contributed by atoms with Gasteiger partial charge in [0.25, 0.3) is 0 Å². The lowest BCUT2D eigenvalue weighted by Gasteiger charge is -1.95. The molecule has 1 saturated carbocycles. The Morgan fingerprint density at radius 3 is 2.47 bits per heavy atom. The molecule has 0 aliphatic heterocycles. The van der Waals surface area contributed by atoms with E-state index in [9.17, 15) is 0 Å². The molecule has 1 aliphatic rings. The van der Waals surface area contributed by atoms with Gasteiger partial charge in [-0.25, -0.2) is 0 Å². The molecule has 2 nitrogen and oxygen atoms in total. The predicted octanol–water partition coefficient (Wildman–Crippen LogP) is 2.76. The van der Waals surface area contributed by atoms with Gasteiger partial charge in [0.05, 0.1) is 0 Å². The molecular weight excluding hydrogens is 186 g/mol. The van der Waals surface area contributed by atoms with Crippen molar-refractivity contribution in [1.82, 2.24) is 0 Å². The highest BCUT2D eigenvalue weighted by Crippen LogP contribution is 2.40. The summed E-state index contributed by atoms with van der Waals surface area (Å²) in [5.74, 6) is 2.41. The second-order valence-corrected chi connectivity index (χ2v) is 4.07. The summed E-state index contributed by atoms with van der Waals surface area (Å²) in [5.41, 5.74) is 6.91. The van der Waals surface area contributed by atoms with Gasteiger partial charge in [0, 0.05) is 17.5 Å². The van der Waals surface area contributed by atoms with Gasteiger partial charge in [0.15, 0.2) is 0 Å². The van der Waals surface area contributed by atoms with Crippen LogP contribution in [-0.2, 0) is 0 Å². The van der Waals surface area contributed by atoms with Crippen LogP contribution >= 0.6 is 0 Å². The minimum atomic E-state index is 0.305. The smallest absolute Gasteiger partial charge is 0.134 e. The van der Waals surface area contributed by atoms with Gasteiger partial charge in [-0.15, -0.1) is 0 Å². The first kappa shape index (κ1) is 8.74. The quantitative estimate of drug-likeness (QED) is 0.807. The zero-order chi connectivity index (χ0) is 10.3. The molecule has 0 radical (unpaired) electrons. The van der Waals surface area contributed by atoms with Crippen LogP contribution < -0.4 is 5.73 Å². The first-order valence-corrected chi connectivity index (χ1v) is 5.25. The molecule has 0 amide bonds. The molecule has 1 aromatic carbocycles. The van der Waals surface area contributed by atoms with Gasteiger partial charge < -0.3 is 10.2 Å². The lowest BCUT2D eigenvalue weighted by molar-refractivity contribution is 0.522. The van der Waals surface area contributed by atoms with Gasteiger partial charge in [0.1, 0.15) is 11.5 Å². The Kier molecular flexibility index (Phi) is 1.89. The second kappa shape index (κ2) is 3.24. The van der Waals surface area contributed by atoms with Crippen molar-refractivity contribution in [2.45, 2.75) is 18.4 Å². The average Bonchev–Trinajstić information content (AvgIpc) is 2.83. The zero-order valence-electron chi connectivity index (χ0n) is 8.39. The summed E-state index contributed by atoms with van der Waals surface area (Å²) in [6.07, 6.45) is 1.06. The number of furan rings is 1. The fourth-order valence-corrected chi connectivity index (χ4v) is 1.85. The number of benzene rings is 1. The van der Waals surface area contributed by atoms with E-state index in [1.807, 2.05) is 30.3 Å². The van der Waals surface area contributed by atoms with Gasteiger partial charge in [-0.2, -0.15) is 0 Å². The highest BCUT2D eigenvalue weighted by atomic mass is 16.3. The van der Waals surface area contributed by atoms with E-state index < -0.39 is 0 Å². The second-order valence-electron chi connectivity index (χ2n) is 4.07. The lowest BCUT2D eigenvalue weighted by Crippen LogP contribution is -2.00. The number of hydrogen-bond donors (Lipinski definition) is 1. The molecule has 3 rings (SSSR count). The summed E-state index contributed by atoms with van der Waals surface area (Å²) >= 11 is 0. The van der Waals surface area contributed by atoms with Crippen molar-refractivity contribution in [2.24, 2.45) is 5.73 Å². The molecule has 2 unspecified atom stereocenters. The Labute approximate surface area is 88.7 Å². The first-order valence-electron chi connectivity index (χ1n) is 5.25. The third kappa shape index (κ3) is 1.57. The Hall–Kier alpha value is -1.54. The van der Waals surface area contributed by atoms with Crippen LogP contribution in [0.25, 0.3) is 11.3 Å². The summed E-state index contributed by atoms with van der Waals surface area (Å²) in [5, 5.41) is 0. The van der Waals surface area contributed by atoms with Crippen LogP contribution in [0.2, 0.25) is 0 Å². The van der Waals surface area contributed by atoms with Crippen molar-refractivity contribution >= 4 is 0 Å². The molecule has 1 fully saturated rings. The standard InChI is InChI=1S/C13H13NO/c14-11-8-10(11)13-7-6-12(15-13)9-4-2-1-3-5-9/h1-7,10-11H,8,14H2. The highest BCUT2D eigenvalue weighted by molar-refractivity contribution is 5.57. The molecular formula is C13H13NO. The molecule has 2 heteroatoms. The van der Waals surface area contributed by atoms with Gasteiger partial charge >= 0.3 is 0 Å². The maximum Gasteiger partial charge on any atom is 0.134 e. The average molecular weight is 199 g/mol. The maximum atomic E-state index is 5.79. The van der Waals surface area contributed by atoms with Crippen molar-refractivity contribution in [2.75, 3.05) is 0 Å². The van der Waals surface area contributed by atoms with E-state index in [-0.39, 0.29) is 0 Å². The third-order valence-electron chi connectivity index (χ3n) is 2.89. The van der Waals surface area contributed by atoms with E-state index in [0.717, 1.165) is 23.5 Å². The van der Waals surface area contributed by atoms with E-state index in [2.05, 4.69) is 12.1 Å². The van der Waals surface area contributed by atoms with E-state index in [0.29, 0.717) is 12.0 Å². The molecule has 2 aromatic rings. The summed E-state index contributed by atoms with van der Waals surface area (Å²) in [4.78, 5) is 0. The fourth-order valence-electron chi connectivity index (χ4n) is 1.85. The van der Waals surface area contributed by atoms with Crippen LogP contribution in [0.3, 0.4) is 0 Å². The monoisotopic (exact) mass is 199 g/mol. The van der Waals surface area contributed by atoms with Crippen LogP contribution in [0.4, 0.5) is 0 Å². The van der Waals surface area contributed by atoms with Crippen molar-refractivity contribution in [3.05, 3.63) is 48.2 Å². The highest BCUT2D eigenvalue weighted by Gasteiger charge is 2.37. The van der Waals surface area contributed by atoms with Gasteiger partial charge in [0.2, 0.25) is 0 Å². The van der Waals surface area contributed by atoms with Crippen LogP contribution in [0.15, 0.2) is 46.9 Å². The summed E-state index contributed by atoms with van der Waals surface area (Å²) < 4.78 is 5.78. The zero-order valence-corrected chi connectivity index (χ0v) is 8.39. The SMILES string of the molecule is NC1CC1c1ccc(-c2ccccc2)o1. The minimum Gasteiger partial charge on any atom is -0.461 e. The fraction of sp³-hybridized carbons (Fsp3) is 0.231. The Bertz CT molecular complexity index is 460. The van der Waals surface area contributed by atoms with Gasteiger partial charge in [-0.1, -0.05) is 30.3 Å². The number of nitrogens with two attached hydrogens (primary N) is 1. The molecule has 0 saturated heterocycles. The van der Waals surface area contributed by atoms with E-state index in [4.69, 9.17) is 10.2 Å². The normalized spacial score (nSPS) is 24.1. The van der Waals surface area contributed by atoms with Crippen molar-refractivity contribution in [3.8, 4) is 11.3 Å². The van der Waals surface area contributed by atoms with E-state index in [1.165, 1.54) is 0 Å².